The van der Waals surface area contributed by atoms with Crippen molar-refractivity contribution < 1.29 is 13.2 Å². The summed E-state index contributed by atoms with van der Waals surface area (Å²) in [4.78, 5) is 13.0. The summed E-state index contributed by atoms with van der Waals surface area (Å²) in [5.74, 6) is 0.0102. The molecule has 0 aliphatic heterocycles. The minimum atomic E-state index is -3.66. The Kier molecular flexibility index (Phi) is 5.69. The van der Waals surface area contributed by atoms with Crippen molar-refractivity contribution in [2.45, 2.75) is 55.3 Å². The van der Waals surface area contributed by atoms with Crippen molar-refractivity contribution in [3.63, 3.8) is 0 Å². The van der Waals surface area contributed by atoms with Gasteiger partial charge in [-0.1, -0.05) is 30.7 Å². The molecule has 1 saturated carbocycles. The number of hydrogen-bond acceptors (Lipinski definition) is 3. The first-order valence-corrected chi connectivity index (χ1v) is 12.1. The fourth-order valence-electron chi connectivity index (χ4n) is 4.46. The predicted octanol–water partition coefficient (Wildman–Crippen LogP) is 4.09. The SMILES string of the molecule is C=CCNC(=O)C1(c2ccc(NS(=O)(=O)c3ccc4c(c3)CCCC4)cc2)CCC1. The molecule has 1 amide bonds. The van der Waals surface area contributed by atoms with Gasteiger partial charge in [0.05, 0.1) is 10.3 Å². The Balaban J connectivity index is 1.52. The van der Waals surface area contributed by atoms with Crippen molar-refractivity contribution in [1.29, 1.82) is 0 Å². The average molecular weight is 425 g/mol. The normalized spacial score (nSPS) is 17.3. The van der Waals surface area contributed by atoms with Crippen LogP contribution < -0.4 is 10.0 Å². The molecule has 2 aromatic carbocycles. The number of sulfonamides is 1. The second-order valence-electron chi connectivity index (χ2n) is 8.25. The average Bonchev–Trinajstić information content (AvgIpc) is 2.72. The Morgan fingerprint density at radius 1 is 1.00 bits per heavy atom. The first-order valence-electron chi connectivity index (χ1n) is 10.6. The van der Waals surface area contributed by atoms with Crippen molar-refractivity contribution in [1.82, 2.24) is 5.32 Å². The van der Waals surface area contributed by atoms with Crippen LogP contribution in [0.5, 0.6) is 0 Å². The van der Waals surface area contributed by atoms with Gasteiger partial charge in [-0.15, -0.1) is 6.58 Å². The number of hydrogen-bond donors (Lipinski definition) is 2. The lowest BCUT2D eigenvalue weighted by Crippen LogP contribution is -2.49. The second-order valence-corrected chi connectivity index (χ2v) is 9.94. The number of fused-ring (bicyclic) bond motifs is 1. The van der Waals surface area contributed by atoms with Crippen LogP contribution in [0.15, 0.2) is 60.0 Å². The van der Waals surface area contributed by atoms with Gasteiger partial charge in [0.25, 0.3) is 10.0 Å². The highest BCUT2D eigenvalue weighted by Crippen LogP contribution is 2.44. The summed E-state index contributed by atoms with van der Waals surface area (Å²) in [5, 5.41) is 2.90. The van der Waals surface area contributed by atoms with Gasteiger partial charge in [0, 0.05) is 12.2 Å². The molecule has 5 nitrogen and oxygen atoms in total. The molecule has 0 spiro atoms. The molecule has 0 radical (unpaired) electrons. The molecule has 6 heteroatoms. The first kappa shape index (κ1) is 20.7. The van der Waals surface area contributed by atoms with Crippen LogP contribution in [-0.4, -0.2) is 20.9 Å². The number of aryl methyl sites for hydroxylation is 2. The van der Waals surface area contributed by atoms with Gasteiger partial charge < -0.3 is 5.32 Å². The molecular formula is C24H28N2O3S. The molecule has 0 bridgehead atoms. The Labute approximate surface area is 178 Å². The van der Waals surface area contributed by atoms with Crippen LogP contribution in [0.2, 0.25) is 0 Å². The minimum Gasteiger partial charge on any atom is -0.352 e. The predicted molar refractivity (Wildman–Crippen MR) is 119 cm³/mol. The fourth-order valence-corrected chi connectivity index (χ4v) is 5.57. The maximum atomic E-state index is 12.9. The van der Waals surface area contributed by atoms with Gasteiger partial charge in [-0.2, -0.15) is 0 Å². The lowest BCUT2D eigenvalue weighted by molar-refractivity contribution is -0.129. The van der Waals surface area contributed by atoms with Crippen LogP contribution in [0.1, 0.15) is 48.8 Å². The van der Waals surface area contributed by atoms with Crippen LogP contribution in [0.4, 0.5) is 5.69 Å². The molecular weight excluding hydrogens is 396 g/mol. The Morgan fingerprint density at radius 3 is 2.33 bits per heavy atom. The van der Waals surface area contributed by atoms with E-state index in [2.05, 4.69) is 16.6 Å². The summed E-state index contributed by atoms with van der Waals surface area (Å²) in [6, 6.07) is 12.6. The molecule has 1 fully saturated rings. The Bertz CT molecular complexity index is 1050. The zero-order valence-electron chi connectivity index (χ0n) is 17.1. The van der Waals surface area contributed by atoms with Crippen molar-refractivity contribution in [3.05, 3.63) is 71.8 Å². The molecule has 2 aromatic rings. The van der Waals surface area contributed by atoms with Gasteiger partial charge >= 0.3 is 0 Å². The van der Waals surface area contributed by atoms with E-state index in [4.69, 9.17) is 0 Å². The molecule has 0 unspecified atom stereocenters. The third kappa shape index (κ3) is 3.88. The van der Waals surface area contributed by atoms with Gasteiger partial charge in [0.1, 0.15) is 0 Å². The molecule has 158 valence electrons. The number of carbonyl (C=O) groups is 1. The third-order valence-corrected chi connectivity index (χ3v) is 7.75. The van der Waals surface area contributed by atoms with E-state index in [0.29, 0.717) is 17.1 Å². The highest BCUT2D eigenvalue weighted by atomic mass is 32.2. The van der Waals surface area contributed by atoms with Crippen molar-refractivity contribution in [3.8, 4) is 0 Å². The monoisotopic (exact) mass is 424 g/mol. The summed E-state index contributed by atoms with van der Waals surface area (Å²) >= 11 is 0. The molecule has 4 rings (SSSR count). The molecule has 0 aromatic heterocycles. The number of benzene rings is 2. The molecule has 30 heavy (non-hydrogen) atoms. The second kappa shape index (κ2) is 8.26. The van der Waals surface area contributed by atoms with Gasteiger partial charge in [-0.3, -0.25) is 9.52 Å². The van der Waals surface area contributed by atoms with Gasteiger partial charge in [0.2, 0.25) is 5.91 Å². The number of anilines is 1. The minimum absolute atomic E-state index is 0.0102. The molecule has 0 heterocycles. The van der Waals surface area contributed by atoms with Gasteiger partial charge in [0.15, 0.2) is 0 Å². The summed E-state index contributed by atoms with van der Waals surface area (Å²) in [6.45, 7) is 4.09. The Hall–Kier alpha value is -2.60. The molecule has 0 atom stereocenters. The number of rotatable bonds is 7. The lowest BCUT2D eigenvalue weighted by atomic mass is 9.64. The zero-order chi connectivity index (χ0) is 21.2. The fraction of sp³-hybridized carbons (Fsp3) is 0.375. The smallest absolute Gasteiger partial charge is 0.261 e. The van der Waals surface area contributed by atoms with E-state index in [1.165, 1.54) is 5.56 Å². The number of carbonyl (C=O) groups excluding carboxylic acids is 1. The number of amides is 1. The lowest BCUT2D eigenvalue weighted by Gasteiger charge is -2.40. The molecule has 2 aliphatic carbocycles. The summed E-state index contributed by atoms with van der Waals surface area (Å²) in [7, 11) is -3.66. The summed E-state index contributed by atoms with van der Waals surface area (Å²) < 4.78 is 28.4. The van der Waals surface area contributed by atoms with E-state index in [0.717, 1.165) is 56.1 Å². The topological polar surface area (TPSA) is 75.3 Å². The van der Waals surface area contributed by atoms with Crippen LogP contribution in [0, 0.1) is 0 Å². The summed E-state index contributed by atoms with van der Waals surface area (Å²) in [6.07, 6.45) is 8.50. The van der Waals surface area contributed by atoms with E-state index in [1.54, 1.807) is 30.3 Å². The van der Waals surface area contributed by atoms with Gasteiger partial charge in [-0.25, -0.2) is 8.42 Å². The molecule has 2 N–H and O–H groups in total. The maximum absolute atomic E-state index is 12.9. The maximum Gasteiger partial charge on any atom is 0.261 e. The first-order chi connectivity index (χ1) is 14.4. The molecule has 2 aliphatic rings. The molecule has 0 saturated heterocycles. The summed E-state index contributed by atoms with van der Waals surface area (Å²) in [5.41, 5.74) is 3.30. The van der Waals surface area contributed by atoms with E-state index in [-0.39, 0.29) is 5.91 Å². The van der Waals surface area contributed by atoms with Crippen molar-refractivity contribution >= 4 is 21.6 Å². The van der Waals surface area contributed by atoms with Crippen molar-refractivity contribution in [2.24, 2.45) is 0 Å². The van der Waals surface area contributed by atoms with Crippen molar-refractivity contribution in [2.75, 3.05) is 11.3 Å². The largest absolute Gasteiger partial charge is 0.352 e. The third-order valence-electron chi connectivity index (χ3n) is 6.37. The van der Waals surface area contributed by atoms with E-state index < -0.39 is 15.4 Å². The standard InChI is InChI=1S/C24H28N2O3S/c1-2-16-25-23(27)24(14-5-15-24)20-9-11-21(12-10-20)26-30(28,29)22-13-8-18-6-3-4-7-19(18)17-22/h2,8-13,17,26H,1,3-7,14-16H2,(H,25,27). The Morgan fingerprint density at radius 2 is 1.70 bits per heavy atom. The van der Waals surface area contributed by atoms with E-state index in [1.807, 2.05) is 18.2 Å². The van der Waals surface area contributed by atoms with E-state index in [9.17, 15) is 13.2 Å². The van der Waals surface area contributed by atoms with Crippen LogP contribution >= 0.6 is 0 Å². The highest BCUT2D eigenvalue weighted by Gasteiger charge is 2.45. The van der Waals surface area contributed by atoms with Gasteiger partial charge in [-0.05, 0) is 79.5 Å². The van der Waals surface area contributed by atoms with E-state index >= 15 is 0 Å². The highest BCUT2D eigenvalue weighted by molar-refractivity contribution is 7.92. The van der Waals surface area contributed by atoms with Crippen LogP contribution in [0.3, 0.4) is 0 Å². The zero-order valence-corrected chi connectivity index (χ0v) is 17.9. The van der Waals surface area contributed by atoms with Crippen LogP contribution in [0.25, 0.3) is 0 Å². The van der Waals surface area contributed by atoms with Crippen LogP contribution in [-0.2, 0) is 33.1 Å². The number of nitrogens with one attached hydrogen (secondary N) is 2. The quantitative estimate of drug-likeness (QED) is 0.658.